The molecule has 0 bridgehead atoms. The largest absolute Gasteiger partial charge is 0.370 e. The molecule has 0 aliphatic heterocycles. The Kier molecular flexibility index (Phi) is 3.15. The Labute approximate surface area is 101 Å². The summed E-state index contributed by atoms with van der Waals surface area (Å²) in [5.74, 6) is 0. The summed E-state index contributed by atoms with van der Waals surface area (Å²) >= 11 is 1.55. The summed E-state index contributed by atoms with van der Waals surface area (Å²) < 4.78 is 4.44. The highest BCUT2D eigenvalue weighted by molar-refractivity contribution is 7.11. The second kappa shape index (κ2) is 4.42. The fourth-order valence-electron chi connectivity index (χ4n) is 1.97. The van der Waals surface area contributed by atoms with Gasteiger partial charge in [-0.1, -0.05) is 25.5 Å². The van der Waals surface area contributed by atoms with Crippen LogP contribution < -0.4 is 5.32 Å². The van der Waals surface area contributed by atoms with Crippen LogP contribution in [0.5, 0.6) is 0 Å². The Morgan fingerprint density at radius 3 is 2.81 bits per heavy atom. The van der Waals surface area contributed by atoms with Crippen molar-refractivity contribution < 1.29 is 0 Å². The van der Waals surface area contributed by atoms with Gasteiger partial charge in [-0.25, -0.2) is 0 Å². The molecule has 0 aliphatic rings. The van der Waals surface area contributed by atoms with Gasteiger partial charge in [0.15, 0.2) is 0 Å². The van der Waals surface area contributed by atoms with E-state index >= 15 is 0 Å². The van der Waals surface area contributed by atoms with Crippen LogP contribution in [0.3, 0.4) is 0 Å². The first kappa shape index (κ1) is 11.4. The maximum absolute atomic E-state index is 4.44. The smallest absolute Gasteiger partial charge is 0.117 e. The predicted octanol–water partition coefficient (Wildman–Crippen LogP) is 4.29. The Morgan fingerprint density at radius 1 is 1.31 bits per heavy atom. The zero-order valence-electron chi connectivity index (χ0n) is 10.1. The van der Waals surface area contributed by atoms with Crippen LogP contribution >= 0.6 is 11.5 Å². The van der Waals surface area contributed by atoms with E-state index < -0.39 is 0 Å². The summed E-state index contributed by atoms with van der Waals surface area (Å²) in [6.07, 6.45) is 2.36. The lowest BCUT2D eigenvalue weighted by molar-refractivity contribution is 0.513. The van der Waals surface area contributed by atoms with Crippen LogP contribution in [0.25, 0.3) is 10.9 Å². The van der Waals surface area contributed by atoms with E-state index in [-0.39, 0.29) is 5.54 Å². The molecule has 0 radical (unpaired) electrons. The third-order valence-electron chi connectivity index (χ3n) is 2.71. The molecule has 0 amide bonds. The van der Waals surface area contributed by atoms with Crippen LogP contribution in [-0.2, 0) is 0 Å². The molecule has 0 unspecified atom stereocenters. The zero-order chi connectivity index (χ0) is 11.6. The van der Waals surface area contributed by atoms with Gasteiger partial charge >= 0.3 is 0 Å². The van der Waals surface area contributed by atoms with E-state index in [0.717, 1.165) is 5.52 Å². The van der Waals surface area contributed by atoms with Crippen molar-refractivity contribution in [2.75, 3.05) is 5.32 Å². The first-order chi connectivity index (χ1) is 7.62. The lowest BCUT2D eigenvalue weighted by Gasteiger charge is -2.26. The van der Waals surface area contributed by atoms with E-state index in [4.69, 9.17) is 0 Å². The number of fused-ring (bicyclic) bond motifs is 1. The SMILES string of the molecule is CCCC(C)(C)Nc1snc2ccccc12. The zero-order valence-corrected chi connectivity index (χ0v) is 10.9. The van der Waals surface area contributed by atoms with Crippen LogP contribution in [0.15, 0.2) is 24.3 Å². The Morgan fingerprint density at radius 2 is 2.06 bits per heavy atom. The van der Waals surface area contributed by atoms with E-state index in [1.807, 2.05) is 6.07 Å². The molecule has 0 spiro atoms. The van der Waals surface area contributed by atoms with Gasteiger partial charge in [0.25, 0.3) is 0 Å². The average molecular weight is 234 g/mol. The maximum Gasteiger partial charge on any atom is 0.117 e. The van der Waals surface area contributed by atoms with Crippen LogP contribution in [-0.4, -0.2) is 9.91 Å². The summed E-state index contributed by atoms with van der Waals surface area (Å²) in [7, 11) is 0. The number of benzene rings is 1. The molecule has 0 aliphatic carbocycles. The molecule has 16 heavy (non-hydrogen) atoms. The summed E-state index contributed by atoms with van der Waals surface area (Å²) in [5, 5.41) is 6.02. The topological polar surface area (TPSA) is 24.9 Å². The maximum atomic E-state index is 4.44. The Balaban J connectivity index is 2.27. The molecule has 2 rings (SSSR count). The molecule has 0 saturated carbocycles. The molecule has 86 valence electrons. The lowest BCUT2D eigenvalue weighted by atomic mass is 9.99. The molecule has 1 heterocycles. The van der Waals surface area contributed by atoms with Crippen molar-refractivity contribution in [1.82, 2.24) is 4.37 Å². The summed E-state index contributed by atoms with van der Waals surface area (Å²) in [4.78, 5) is 0. The number of hydrogen-bond acceptors (Lipinski definition) is 3. The highest BCUT2D eigenvalue weighted by atomic mass is 32.1. The summed E-state index contributed by atoms with van der Waals surface area (Å²) in [5.41, 5.74) is 1.23. The van der Waals surface area contributed by atoms with Crippen molar-refractivity contribution in [3.05, 3.63) is 24.3 Å². The van der Waals surface area contributed by atoms with Gasteiger partial charge in [0, 0.05) is 10.9 Å². The van der Waals surface area contributed by atoms with Gasteiger partial charge in [-0.05, 0) is 43.9 Å². The Hall–Kier alpha value is -1.09. The Bertz CT molecular complexity index is 473. The highest BCUT2D eigenvalue weighted by Crippen LogP contribution is 2.30. The van der Waals surface area contributed by atoms with E-state index in [9.17, 15) is 0 Å². The van der Waals surface area contributed by atoms with Crippen LogP contribution in [0.1, 0.15) is 33.6 Å². The minimum absolute atomic E-state index is 0.143. The monoisotopic (exact) mass is 234 g/mol. The molecule has 3 heteroatoms. The van der Waals surface area contributed by atoms with Gasteiger partial charge in [-0.2, -0.15) is 4.37 Å². The number of anilines is 1. The van der Waals surface area contributed by atoms with Crippen molar-refractivity contribution in [3.8, 4) is 0 Å². The quantitative estimate of drug-likeness (QED) is 0.853. The fourth-order valence-corrected chi connectivity index (χ4v) is 2.92. The van der Waals surface area contributed by atoms with E-state index in [0.29, 0.717) is 0 Å². The first-order valence-electron chi connectivity index (χ1n) is 5.75. The highest BCUT2D eigenvalue weighted by Gasteiger charge is 2.18. The molecule has 0 saturated heterocycles. The molecule has 1 aromatic heterocycles. The van der Waals surface area contributed by atoms with Crippen molar-refractivity contribution in [2.45, 2.75) is 39.2 Å². The van der Waals surface area contributed by atoms with E-state index in [2.05, 4.69) is 48.7 Å². The molecule has 1 aromatic carbocycles. The molecular formula is C13H18N2S. The van der Waals surface area contributed by atoms with Gasteiger partial charge in [0.05, 0.1) is 5.52 Å². The number of hydrogen-bond donors (Lipinski definition) is 1. The fraction of sp³-hybridized carbons (Fsp3) is 0.462. The first-order valence-corrected chi connectivity index (χ1v) is 6.52. The van der Waals surface area contributed by atoms with Crippen LogP contribution in [0.4, 0.5) is 5.00 Å². The molecular weight excluding hydrogens is 216 g/mol. The normalized spacial score (nSPS) is 11.9. The van der Waals surface area contributed by atoms with Gasteiger partial charge in [0.1, 0.15) is 5.00 Å². The van der Waals surface area contributed by atoms with E-state index in [1.54, 1.807) is 11.5 Å². The standard InChI is InChI=1S/C13H18N2S/c1-4-9-13(2,3)14-12-10-7-5-6-8-11(10)15-16-12/h5-8,14H,4,9H2,1-3H3. The molecule has 0 atom stereocenters. The van der Waals surface area contributed by atoms with Gasteiger partial charge < -0.3 is 5.32 Å². The molecule has 2 nitrogen and oxygen atoms in total. The number of rotatable bonds is 4. The number of nitrogens with zero attached hydrogens (tertiary/aromatic N) is 1. The third-order valence-corrected chi connectivity index (χ3v) is 3.50. The minimum Gasteiger partial charge on any atom is -0.370 e. The van der Waals surface area contributed by atoms with Gasteiger partial charge in [0.2, 0.25) is 0 Å². The second-order valence-electron chi connectivity index (χ2n) is 4.79. The van der Waals surface area contributed by atoms with E-state index in [1.165, 1.54) is 23.2 Å². The van der Waals surface area contributed by atoms with Crippen molar-refractivity contribution in [3.63, 3.8) is 0 Å². The van der Waals surface area contributed by atoms with Crippen molar-refractivity contribution in [2.24, 2.45) is 0 Å². The van der Waals surface area contributed by atoms with Crippen LogP contribution in [0.2, 0.25) is 0 Å². The van der Waals surface area contributed by atoms with Gasteiger partial charge in [-0.15, -0.1) is 0 Å². The summed E-state index contributed by atoms with van der Waals surface area (Å²) in [6, 6.07) is 8.28. The molecule has 0 fully saturated rings. The summed E-state index contributed by atoms with van der Waals surface area (Å²) in [6.45, 7) is 6.70. The third kappa shape index (κ3) is 2.35. The lowest BCUT2D eigenvalue weighted by Crippen LogP contribution is -2.29. The van der Waals surface area contributed by atoms with Crippen molar-refractivity contribution >= 4 is 27.4 Å². The minimum atomic E-state index is 0.143. The van der Waals surface area contributed by atoms with Crippen molar-refractivity contribution in [1.29, 1.82) is 0 Å². The number of aromatic nitrogens is 1. The second-order valence-corrected chi connectivity index (χ2v) is 5.56. The molecule has 2 aromatic rings. The average Bonchev–Trinajstić information content (AvgIpc) is 2.61. The predicted molar refractivity (Wildman–Crippen MR) is 72.2 cm³/mol. The van der Waals surface area contributed by atoms with Crippen LogP contribution in [0, 0.1) is 0 Å². The molecule has 1 N–H and O–H groups in total. The van der Waals surface area contributed by atoms with Gasteiger partial charge in [-0.3, -0.25) is 0 Å². The number of nitrogens with one attached hydrogen (secondary N) is 1.